The molecule has 2 aliphatic rings. The van der Waals surface area contributed by atoms with Gasteiger partial charge in [-0.2, -0.15) is 0 Å². The second kappa shape index (κ2) is 10.2. The molecule has 153 valence electrons. The van der Waals surface area contributed by atoms with Crippen molar-refractivity contribution in [3.05, 3.63) is 0 Å². The molecular formula is C13H27O9Si5. The van der Waals surface area contributed by atoms with E-state index in [-0.39, 0.29) is 20.0 Å². The molecule has 7 radical (unpaired) electrons. The van der Waals surface area contributed by atoms with Crippen molar-refractivity contribution in [2.75, 3.05) is 41.2 Å². The normalized spacial score (nSPS) is 34.9. The smallest absolute Gasteiger partial charge is 0.412 e. The molecular weight excluding hydrogens is 441 g/mol. The molecule has 0 spiro atoms. The molecule has 2 saturated heterocycles. The van der Waals surface area contributed by atoms with Gasteiger partial charge < -0.3 is 39.8 Å². The summed E-state index contributed by atoms with van der Waals surface area (Å²) in [5.74, 6) is 0. The standard InChI is InChI=1S/C13H27O9Si5/c1-6-8-17-10-12(11-18-12)26(5)21-24-19-13(23,20-25-22-26)7-9-27(14-2,15-3)16-4/h6-11H2,1-5H3. The Balaban J connectivity index is 1.91. The van der Waals surface area contributed by atoms with Crippen LogP contribution in [-0.4, -0.2) is 99.4 Å². The molecule has 2 aliphatic heterocycles. The lowest BCUT2D eigenvalue weighted by molar-refractivity contribution is -0.0660. The fourth-order valence-electron chi connectivity index (χ4n) is 2.48. The minimum atomic E-state index is -2.74. The van der Waals surface area contributed by atoms with Crippen molar-refractivity contribution in [2.45, 2.75) is 43.0 Å². The van der Waals surface area contributed by atoms with Crippen LogP contribution in [0, 0.1) is 0 Å². The van der Waals surface area contributed by atoms with Gasteiger partial charge >= 0.3 is 37.4 Å². The Hall–Kier alpha value is 0.724. The van der Waals surface area contributed by atoms with Crippen LogP contribution in [-0.2, 0) is 39.8 Å². The first-order chi connectivity index (χ1) is 12.8. The molecule has 2 fully saturated rings. The number of epoxide rings is 1. The van der Waals surface area contributed by atoms with Crippen LogP contribution >= 0.6 is 0 Å². The van der Waals surface area contributed by atoms with Crippen molar-refractivity contribution >= 4 is 47.6 Å². The molecule has 9 nitrogen and oxygen atoms in total. The van der Waals surface area contributed by atoms with Crippen molar-refractivity contribution in [2.24, 2.45) is 0 Å². The van der Waals surface area contributed by atoms with E-state index in [0.717, 1.165) is 6.42 Å². The second-order valence-electron chi connectivity index (χ2n) is 6.40. The van der Waals surface area contributed by atoms with E-state index < -0.39 is 28.0 Å². The third-order valence-electron chi connectivity index (χ3n) is 4.58. The molecule has 0 amide bonds. The summed E-state index contributed by atoms with van der Waals surface area (Å²) in [7, 11) is 2.31. The third kappa shape index (κ3) is 5.88. The van der Waals surface area contributed by atoms with E-state index in [9.17, 15) is 0 Å². The zero-order chi connectivity index (χ0) is 20.0. The third-order valence-corrected chi connectivity index (χ3v) is 14.9. The highest BCUT2D eigenvalue weighted by Crippen LogP contribution is 2.39. The maximum Gasteiger partial charge on any atom is 0.500 e. The number of hydrogen-bond donors (Lipinski definition) is 0. The van der Waals surface area contributed by atoms with Crippen LogP contribution in [0.3, 0.4) is 0 Å². The van der Waals surface area contributed by atoms with Crippen molar-refractivity contribution < 1.29 is 39.8 Å². The average molecular weight is 468 g/mol. The van der Waals surface area contributed by atoms with E-state index in [1.807, 2.05) is 6.55 Å². The van der Waals surface area contributed by atoms with Gasteiger partial charge in [-0.15, -0.1) is 0 Å². The number of ether oxygens (including phenoxy) is 2. The molecule has 0 aromatic carbocycles. The van der Waals surface area contributed by atoms with Crippen LogP contribution in [0.2, 0.25) is 12.6 Å². The Morgan fingerprint density at radius 1 is 1.11 bits per heavy atom. The lowest BCUT2D eigenvalue weighted by Crippen LogP contribution is -2.60. The second-order valence-corrected chi connectivity index (χ2v) is 15.4. The Labute approximate surface area is 171 Å². The predicted octanol–water partition coefficient (Wildman–Crippen LogP) is 0.0321. The van der Waals surface area contributed by atoms with Gasteiger partial charge in [0.15, 0.2) is 5.22 Å². The van der Waals surface area contributed by atoms with E-state index in [1.165, 1.54) is 0 Å². The lowest BCUT2D eigenvalue weighted by Gasteiger charge is -2.39. The first kappa shape index (κ1) is 24.0. The summed E-state index contributed by atoms with van der Waals surface area (Å²) in [5.41, 5.74) is -1.06. The van der Waals surface area contributed by atoms with Crippen LogP contribution < -0.4 is 0 Å². The lowest BCUT2D eigenvalue weighted by atomic mass is 10.5. The van der Waals surface area contributed by atoms with E-state index in [0.29, 0.717) is 32.3 Å². The van der Waals surface area contributed by atoms with Gasteiger partial charge in [-0.1, -0.05) is 6.92 Å². The van der Waals surface area contributed by atoms with Gasteiger partial charge in [0.1, 0.15) is 15.7 Å². The minimum Gasteiger partial charge on any atom is -0.412 e. The fraction of sp³-hybridized carbons (Fsp3) is 1.00. The van der Waals surface area contributed by atoms with Gasteiger partial charge in [-0.3, -0.25) is 0 Å². The van der Waals surface area contributed by atoms with Crippen LogP contribution in [0.4, 0.5) is 0 Å². The summed E-state index contributed by atoms with van der Waals surface area (Å²) < 4.78 is 51.6. The summed E-state index contributed by atoms with van der Waals surface area (Å²) in [4.78, 5) is 0. The van der Waals surface area contributed by atoms with Crippen molar-refractivity contribution in [3.8, 4) is 0 Å². The Bertz CT molecular complexity index is 445. The van der Waals surface area contributed by atoms with Gasteiger partial charge in [-0.25, -0.2) is 0 Å². The number of hydrogen-bond acceptors (Lipinski definition) is 9. The van der Waals surface area contributed by atoms with Gasteiger partial charge in [0.2, 0.25) is 0 Å². The quantitative estimate of drug-likeness (QED) is 0.237. The van der Waals surface area contributed by atoms with E-state index in [1.54, 1.807) is 21.3 Å². The molecule has 1 atom stereocenters. The highest BCUT2D eigenvalue weighted by atomic mass is 28.4. The van der Waals surface area contributed by atoms with Crippen LogP contribution in [0.25, 0.3) is 0 Å². The van der Waals surface area contributed by atoms with Crippen molar-refractivity contribution in [1.29, 1.82) is 0 Å². The molecule has 0 aromatic heterocycles. The van der Waals surface area contributed by atoms with Crippen LogP contribution in [0.1, 0.15) is 19.8 Å². The first-order valence-corrected chi connectivity index (χ1v) is 15.0. The summed E-state index contributed by atoms with van der Waals surface area (Å²) >= 11 is 0. The summed E-state index contributed by atoms with van der Waals surface area (Å²) in [6.45, 7) is 5.73. The van der Waals surface area contributed by atoms with Crippen LogP contribution in [0.5, 0.6) is 0 Å². The Kier molecular flexibility index (Phi) is 9.03. The van der Waals surface area contributed by atoms with Gasteiger partial charge in [0.25, 0.3) is 0 Å². The van der Waals surface area contributed by atoms with E-state index in [2.05, 4.69) is 17.2 Å². The molecule has 27 heavy (non-hydrogen) atoms. The maximum atomic E-state index is 6.07. The van der Waals surface area contributed by atoms with Crippen molar-refractivity contribution in [1.82, 2.24) is 0 Å². The van der Waals surface area contributed by atoms with Gasteiger partial charge in [0, 0.05) is 34.0 Å². The van der Waals surface area contributed by atoms with E-state index in [4.69, 9.17) is 39.8 Å². The Morgan fingerprint density at radius 2 is 1.67 bits per heavy atom. The van der Waals surface area contributed by atoms with E-state index >= 15 is 0 Å². The van der Waals surface area contributed by atoms with Gasteiger partial charge in [-0.05, 0) is 19.4 Å². The molecule has 0 saturated carbocycles. The first-order valence-electron chi connectivity index (χ1n) is 8.66. The van der Waals surface area contributed by atoms with Crippen molar-refractivity contribution in [3.63, 3.8) is 0 Å². The van der Waals surface area contributed by atoms with Crippen LogP contribution in [0.15, 0.2) is 0 Å². The largest absolute Gasteiger partial charge is 0.500 e. The molecule has 2 rings (SSSR count). The summed E-state index contributed by atoms with van der Waals surface area (Å²) in [6.07, 6.45) is 1.39. The molecule has 0 aliphatic carbocycles. The molecule has 0 aromatic rings. The fourth-order valence-corrected chi connectivity index (χ4v) is 10.1. The average Bonchev–Trinajstić information content (AvgIpc) is 3.44. The zero-order valence-corrected chi connectivity index (χ0v) is 21.4. The number of rotatable bonds is 11. The molecule has 2 heterocycles. The topological polar surface area (TPSA) is 86.4 Å². The molecule has 0 N–H and O–H groups in total. The zero-order valence-electron chi connectivity index (χ0n) is 16.4. The summed E-state index contributed by atoms with van der Waals surface area (Å²) in [5, 5.41) is -0.495. The SMILES string of the molecule is CCCOCC1([Si]2(C)O[Si]OC([Si])(CC[Si](OC)(OC)OC)O[Si]O2)CO1. The van der Waals surface area contributed by atoms with Gasteiger partial charge in [0.05, 0.1) is 13.2 Å². The highest BCUT2D eigenvalue weighted by Gasteiger charge is 2.66. The highest BCUT2D eigenvalue weighted by molar-refractivity contribution is 6.76. The molecule has 14 heteroatoms. The minimum absolute atomic E-state index is 0.268. The maximum absolute atomic E-state index is 6.07. The molecule has 0 bridgehead atoms. The predicted molar refractivity (Wildman–Crippen MR) is 102 cm³/mol. The molecule has 1 unspecified atom stereocenters. The monoisotopic (exact) mass is 467 g/mol. The Morgan fingerprint density at radius 3 is 2.11 bits per heavy atom. The summed E-state index contributed by atoms with van der Waals surface area (Å²) in [6, 6.07) is 0.502.